The Bertz CT molecular complexity index is 786. The van der Waals surface area contributed by atoms with E-state index in [1.165, 1.54) is 10.9 Å². The summed E-state index contributed by atoms with van der Waals surface area (Å²) in [6.45, 7) is 4.32. The predicted octanol–water partition coefficient (Wildman–Crippen LogP) is 0.115. The van der Waals surface area contributed by atoms with Gasteiger partial charge in [-0.1, -0.05) is 25.5 Å². The average molecular weight is 379 g/mol. The largest absolute Gasteiger partial charge is 0.476 e. The molecule has 10 heteroatoms. The Labute approximate surface area is 156 Å². The van der Waals surface area contributed by atoms with Gasteiger partial charge >= 0.3 is 5.97 Å². The molecule has 1 amide bonds. The number of β-lactam (4-membered cyclic amide) rings is 1. The second-order valence-corrected chi connectivity index (χ2v) is 7.62. The Morgan fingerprint density at radius 3 is 2.70 bits per heavy atom. The van der Waals surface area contributed by atoms with Crippen LogP contribution in [0.15, 0.2) is 17.7 Å². The number of aliphatic hydroxyl groups excluding tert-OH is 1. The van der Waals surface area contributed by atoms with E-state index in [1.807, 2.05) is 13.8 Å². The first-order valence-electron chi connectivity index (χ1n) is 8.91. The Hall–Kier alpha value is -2.46. The number of fused-ring (bicyclic) bond motifs is 1. The van der Waals surface area contributed by atoms with Crippen molar-refractivity contribution in [1.82, 2.24) is 19.9 Å². The molecule has 3 rings (SSSR count). The fourth-order valence-corrected chi connectivity index (χ4v) is 3.62. The predicted molar refractivity (Wildman–Crippen MR) is 92.5 cm³/mol. The van der Waals surface area contributed by atoms with Crippen LogP contribution in [0.5, 0.6) is 0 Å². The maximum absolute atomic E-state index is 12.6. The van der Waals surface area contributed by atoms with Gasteiger partial charge in [0.2, 0.25) is 5.91 Å². The molecule has 3 heterocycles. The number of carboxylic acid groups (broad SMARTS) is 1. The van der Waals surface area contributed by atoms with Gasteiger partial charge in [0.05, 0.1) is 6.20 Å². The highest BCUT2D eigenvalue weighted by Gasteiger charge is 2.62. The number of ether oxygens (including phenoxy) is 1. The number of allylic oxidation sites excluding steroid dienone is 1. The fraction of sp³-hybridized carbons (Fsp3) is 0.647. The third-order valence-corrected chi connectivity index (χ3v) is 5.12. The Kier molecular flexibility index (Phi) is 4.96. The van der Waals surface area contributed by atoms with Crippen LogP contribution in [0.1, 0.15) is 44.9 Å². The van der Waals surface area contributed by atoms with Crippen LogP contribution in [-0.2, 0) is 21.4 Å². The first kappa shape index (κ1) is 19.3. The number of carbonyl (C=O) groups is 2. The van der Waals surface area contributed by atoms with Crippen LogP contribution in [0.4, 0.5) is 0 Å². The Balaban J connectivity index is 1.84. The molecule has 0 aromatic carbocycles. The number of aliphatic carboxylic acids is 1. The number of aromatic nitrogens is 3. The number of nitrogens with zero attached hydrogens (tertiary/aromatic N) is 4. The molecule has 0 radical (unpaired) electrons. The Morgan fingerprint density at radius 2 is 2.15 bits per heavy atom. The molecular weight excluding hydrogens is 354 g/mol. The molecule has 0 saturated carbocycles. The summed E-state index contributed by atoms with van der Waals surface area (Å²) in [6, 6.07) is 0. The van der Waals surface area contributed by atoms with E-state index >= 15 is 0 Å². The summed E-state index contributed by atoms with van der Waals surface area (Å²) in [4.78, 5) is 25.6. The summed E-state index contributed by atoms with van der Waals surface area (Å²) in [5.74, 6) is -2.38. The van der Waals surface area contributed by atoms with Gasteiger partial charge in [-0.3, -0.25) is 14.4 Å². The van der Waals surface area contributed by atoms with Gasteiger partial charge in [0, 0.05) is 12.5 Å². The summed E-state index contributed by atoms with van der Waals surface area (Å²) in [7, 11) is 1.65. The first-order valence-corrected chi connectivity index (χ1v) is 8.91. The van der Waals surface area contributed by atoms with Gasteiger partial charge in [0.1, 0.15) is 23.5 Å². The van der Waals surface area contributed by atoms with E-state index < -0.39 is 35.5 Å². The quantitative estimate of drug-likeness (QED) is 0.427. The number of amides is 1. The molecule has 0 spiro atoms. The second kappa shape index (κ2) is 6.93. The lowest BCUT2D eigenvalue weighted by molar-refractivity contribution is -0.185. The van der Waals surface area contributed by atoms with E-state index in [0.717, 1.165) is 17.7 Å². The van der Waals surface area contributed by atoms with Gasteiger partial charge in [-0.15, -0.1) is 5.10 Å². The standard InChI is InChI=1S/C17H25N5O5/c1-17(2,6-4-5-7-18)13-11(16(25)26)22-14(24)10(15(22)27-13)12(23)9-8-21(3)20-19-9/h8,10,12,15,23H,4-7,18H2,1-3H3,(H,25,26)/t10-,12-,15+/m0/s1. The van der Waals surface area contributed by atoms with Gasteiger partial charge < -0.3 is 20.7 Å². The average Bonchev–Trinajstić information content (AvgIpc) is 3.17. The molecule has 4 N–H and O–H groups in total. The molecule has 0 bridgehead atoms. The van der Waals surface area contributed by atoms with Crippen LogP contribution in [0.25, 0.3) is 0 Å². The highest BCUT2D eigenvalue weighted by Crippen LogP contribution is 2.50. The summed E-state index contributed by atoms with van der Waals surface area (Å²) >= 11 is 0. The normalized spacial score (nSPS) is 23.1. The van der Waals surface area contributed by atoms with E-state index in [1.54, 1.807) is 7.05 Å². The zero-order chi connectivity index (χ0) is 19.9. The zero-order valence-electron chi connectivity index (χ0n) is 15.6. The molecule has 27 heavy (non-hydrogen) atoms. The van der Waals surface area contributed by atoms with Crippen molar-refractivity contribution < 1.29 is 24.5 Å². The number of hydrogen-bond acceptors (Lipinski definition) is 7. The summed E-state index contributed by atoms with van der Waals surface area (Å²) < 4.78 is 7.34. The lowest BCUT2D eigenvalue weighted by Gasteiger charge is -2.42. The number of hydrogen-bond donors (Lipinski definition) is 3. The minimum atomic E-state index is -1.22. The minimum absolute atomic E-state index is 0.148. The number of rotatable bonds is 8. The topological polar surface area (TPSA) is 144 Å². The van der Waals surface area contributed by atoms with Crippen molar-refractivity contribution in [2.24, 2.45) is 24.1 Å². The summed E-state index contributed by atoms with van der Waals surface area (Å²) in [5, 5.41) is 27.8. The zero-order valence-corrected chi connectivity index (χ0v) is 15.6. The van der Waals surface area contributed by atoms with Crippen molar-refractivity contribution in [1.29, 1.82) is 0 Å². The Morgan fingerprint density at radius 1 is 1.44 bits per heavy atom. The molecule has 10 nitrogen and oxygen atoms in total. The molecule has 1 saturated heterocycles. The van der Waals surface area contributed by atoms with Crippen molar-refractivity contribution in [3.63, 3.8) is 0 Å². The number of nitrogens with two attached hydrogens (primary N) is 1. The molecule has 1 aromatic heterocycles. The number of aryl methyl sites for hydroxylation is 1. The van der Waals surface area contributed by atoms with Gasteiger partial charge in [-0.25, -0.2) is 4.79 Å². The fourth-order valence-electron chi connectivity index (χ4n) is 3.62. The van der Waals surface area contributed by atoms with Crippen molar-refractivity contribution in [2.75, 3.05) is 6.54 Å². The lowest BCUT2D eigenvalue weighted by Crippen LogP contribution is -2.61. The lowest BCUT2D eigenvalue weighted by atomic mass is 9.83. The monoisotopic (exact) mass is 379 g/mol. The minimum Gasteiger partial charge on any atom is -0.476 e. The smallest absolute Gasteiger partial charge is 0.356 e. The van der Waals surface area contributed by atoms with Crippen molar-refractivity contribution in [2.45, 2.75) is 45.4 Å². The SMILES string of the molecule is Cn1cc([C@H](O)[C@H]2C(=O)N3C(C(=O)O)=C(C(C)(C)CCCCN)O[C@H]23)nn1. The summed E-state index contributed by atoms with van der Waals surface area (Å²) in [6.07, 6.45) is 1.74. The molecule has 3 atom stereocenters. The first-order chi connectivity index (χ1) is 12.7. The second-order valence-electron chi connectivity index (χ2n) is 7.62. The maximum Gasteiger partial charge on any atom is 0.356 e. The van der Waals surface area contributed by atoms with Crippen molar-refractivity contribution in [3.05, 3.63) is 23.3 Å². The summed E-state index contributed by atoms with van der Waals surface area (Å²) in [5.41, 5.74) is 5.05. The van der Waals surface area contributed by atoms with Crippen LogP contribution in [0.2, 0.25) is 0 Å². The van der Waals surface area contributed by atoms with E-state index in [4.69, 9.17) is 10.5 Å². The molecule has 0 unspecified atom stereocenters. The number of carbonyl (C=O) groups excluding carboxylic acids is 1. The molecule has 2 aliphatic heterocycles. The van der Waals surface area contributed by atoms with Crippen molar-refractivity contribution in [3.8, 4) is 0 Å². The highest BCUT2D eigenvalue weighted by atomic mass is 16.5. The van der Waals surface area contributed by atoms with Gasteiger partial charge in [0.25, 0.3) is 0 Å². The molecular formula is C17H25N5O5. The molecule has 1 aromatic rings. The van der Waals surface area contributed by atoms with Crippen LogP contribution in [-0.4, -0.2) is 54.8 Å². The van der Waals surface area contributed by atoms with Crippen LogP contribution in [0.3, 0.4) is 0 Å². The number of aliphatic hydroxyl groups is 1. The molecule has 148 valence electrons. The molecule has 1 fully saturated rings. The molecule has 0 aliphatic carbocycles. The third-order valence-electron chi connectivity index (χ3n) is 5.12. The van der Waals surface area contributed by atoms with E-state index in [9.17, 15) is 19.8 Å². The van der Waals surface area contributed by atoms with E-state index in [-0.39, 0.29) is 17.2 Å². The maximum atomic E-state index is 12.6. The van der Waals surface area contributed by atoms with Gasteiger partial charge in [0.15, 0.2) is 11.9 Å². The van der Waals surface area contributed by atoms with Gasteiger partial charge in [-0.2, -0.15) is 0 Å². The van der Waals surface area contributed by atoms with Crippen LogP contribution < -0.4 is 5.73 Å². The number of carboxylic acids is 1. The van der Waals surface area contributed by atoms with Crippen LogP contribution in [0, 0.1) is 11.3 Å². The third kappa shape index (κ3) is 3.19. The number of unbranched alkanes of at least 4 members (excludes halogenated alkanes) is 1. The van der Waals surface area contributed by atoms with Crippen LogP contribution >= 0.6 is 0 Å². The highest BCUT2D eigenvalue weighted by molar-refractivity contribution is 5.98. The van der Waals surface area contributed by atoms with E-state index in [0.29, 0.717) is 13.0 Å². The van der Waals surface area contributed by atoms with E-state index in [2.05, 4.69) is 10.3 Å². The van der Waals surface area contributed by atoms with Crippen molar-refractivity contribution >= 4 is 11.9 Å². The van der Waals surface area contributed by atoms with Gasteiger partial charge in [-0.05, 0) is 19.4 Å². The molecule has 2 aliphatic rings.